The maximum Gasteiger partial charge on any atom is 0.146 e. The van der Waals surface area contributed by atoms with Crippen LogP contribution >= 0.6 is 0 Å². The van der Waals surface area contributed by atoms with Crippen molar-refractivity contribution < 1.29 is 9.15 Å². The van der Waals surface area contributed by atoms with Gasteiger partial charge in [0.15, 0.2) is 0 Å². The van der Waals surface area contributed by atoms with Gasteiger partial charge in [0.25, 0.3) is 0 Å². The summed E-state index contributed by atoms with van der Waals surface area (Å²) in [4.78, 5) is 4.49. The number of pyridine rings is 1. The Labute approximate surface area is 120 Å². The van der Waals surface area contributed by atoms with Crippen molar-refractivity contribution in [2.24, 2.45) is 0 Å². The molecule has 0 saturated carbocycles. The van der Waals surface area contributed by atoms with Gasteiger partial charge in [-0.25, -0.2) is 0 Å². The van der Waals surface area contributed by atoms with E-state index in [1.807, 2.05) is 39.1 Å². The summed E-state index contributed by atoms with van der Waals surface area (Å²) in [6, 6.07) is 5.98. The maximum absolute atomic E-state index is 5.84. The van der Waals surface area contributed by atoms with E-state index in [2.05, 4.69) is 17.2 Å². The fraction of sp³-hybridized carbons (Fsp3) is 0.438. The van der Waals surface area contributed by atoms with Crippen LogP contribution in [0.5, 0.6) is 5.75 Å². The summed E-state index contributed by atoms with van der Waals surface area (Å²) in [5.74, 6) is 2.62. The van der Waals surface area contributed by atoms with Crippen molar-refractivity contribution in [3.05, 3.63) is 46.7 Å². The molecule has 0 aliphatic carbocycles. The Morgan fingerprint density at radius 1 is 1.30 bits per heavy atom. The third-order valence-corrected chi connectivity index (χ3v) is 3.22. The molecule has 0 spiro atoms. The van der Waals surface area contributed by atoms with Crippen molar-refractivity contribution in [2.45, 2.75) is 40.3 Å². The van der Waals surface area contributed by atoms with Crippen LogP contribution in [0.3, 0.4) is 0 Å². The van der Waals surface area contributed by atoms with E-state index in [9.17, 15) is 0 Å². The Hall–Kier alpha value is -1.81. The van der Waals surface area contributed by atoms with Gasteiger partial charge in [0, 0.05) is 17.8 Å². The van der Waals surface area contributed by atoms with Gasteiger partial charge in [-0.2, -0.15) is 0 Å². The van der Waals surface area contributed by atoms with E-state index in [4.69, 9.17) is 9.15 Å². The summed E-state index contributed by atoms with van der Waals surface area (Å²) < 4.78 is 11.5. The van der Waals surface area contributed by atoms with E-state index in [1.165, 1.54) is 5.56 Å². The van der Waals surface area contributed by atoms with E-state index < -0.39 is 0 Å². The summed E-state index contributed by atoms with van der Waals surface area (Å²) in [5, 5.41) is 3.13. The number of nitrogens with zero attached hydrogens (tertiary/aromatic N) is 1. The summed E-state index contributed by atoms with van der Waals surface area (Å²) >= 11 is 0. The molecule has 0 fully saturated rings. The molecule has 0 amide bonds. The molecule has 0 aromatic carbocycles. The average Bonchev–Trinajstić information content (AvgIpc) is 2.78. The van der Waals surface area contributed by atoms with Gasteiger partial charge in [-0.05, 0) is 45.5 Å². The molecule has 2 aromatic rings. The monoisotopic (exact) mass is 274 g/mol. The van der Waals surface area contributed by atoms with Crippen molar-refractivity contribution in [1.82, 2.24) is 10.3 Å². The highest BCUT2D eigenvalue weighted by atomic mass is 16.5. The number of hydrogen-bond acceptors (Lipinski definition) is 4. The Kier molecular flexibility index (Phi) is 4.79. The van der Waals surface area contributed by atoms with Crippen molar-refractivity contribution in [3.8, 4) is 5.75 Å². The van der Waals surface area contributed by atoms with Crippen molar-refractivity contribution in [3.63, 3.8) is 0 Å². The highest BCUT2D eigenvalue weighted by Crippen LogP contribution is 2.21. The molecular weight excluding hydrogens is 252 g/mol. The van der Waals surface area contributed by atoms with Crippen LogP contribution in [-0.2, 0) is 19.6 Å². The normalized spacial score (nSPS) is 10.8. The van der Waals surface area contributed by atoms with Crippen LogP contribution in [0.15, 0.2) is 22.6 Å². The van der Waals surface area contributed by atoms with Gasteiger partial charge < -0.3 is 14.5 Å². The molecule has 4 heteroatoms. The lowest BCUT2D eigenvalue weighted by atomic mass is 10.2. The first kappa shape index (κ1) is 14.6. The van der Waals surface area contributed by atoms with E-state index in [0.717, 1.165) is 41.6 Å². The number of rotatable bonds is 6. The lowest BCUT2D eigenvalue weighted by Gasteiger charge is -2.09. The second-order valence-electron chi connectivity index (χ2n) is 4.86. The maximum atomic E-state index is 5.84. The first-order valence-corrected chi connectivity index (χ1v) is 6.96. The molecule has 0 unspecified atom stereocenters. The number of hydrogen-bond donors (Lipinski definition) is 1. The number of furan rings is 1. The van der Waals surface area contributed by atoms with E-state index >= 15 is 0 Å². The molecular formula is C16H22N2O2. The Bertz CT molecular complexity index is 576. The average molecular weight is 274 g/mol. The Morgan fingerprint density at radius 2 is 2.10 bits per heavy atom. The Morgan fingerprint density at radius 3 is 2.80 bits per heavy atom. The van der Waals surface area contributed by atoms with Crippen molar-refractivity contribution in [1.29, 1.82) is 0 Å². The summed E-state index contributed by atoms with van der Waals surface area (Å²) in [6.45, 7) is 7.28. The molecule has 0 saturated heterocycles. The largest absolute Gasteiger partial charge is 0.484 e. The molecule has 20 heavy (non-hydrogen) atoms. The van der Waals surface area contributed by atoms with Crippen LogP contribution in [0.2, 0.25) is 0 Å². The second-order valence-corrected chi connectivity index (χ2v) is 4.86. The van der Waals surface area contributed by atoms with Gasteiger partial charge in [-0.3, -0.25) is 4.98 Å². The van der Waals surface area contributed by atoms with Gasteiger partial charge in [0.2, 0.25) is 0 Å². The van der Waals surface area contributed by atoms with Crippen LogP contribution in [0.25, 0.3) is 0 Å². The highest BCUT2D eigenvalue weighted by molar-refractivity contribution is 5.29. The summed E-state index contributed by atoms with van der Waals surface area (Å²) in [6.07, 6.45) is 0.860. The van der Waals surface area contributed by atoms with Crippen LogP contribution in [0, 0.1) is 13.8 Å². The standard InChI is InChI=1S/C16H22N2O2/c1-5-15-16(7-6-11(2)18-15)19-10-14-8-13(9-17-4)12(3)20-14/h6-8,17H,5,9-10H2,1-4H3. The number of aromatic nitrogens is 1. The molecule has 108 valence electrons. The molecule has 0 radical (unpaired) electrons. The number of ether oxygens (including phenoxy) is 1. The van der Waals surface area contributed by atoms with E-state index in [1.54, 1.807) is 0 Å². The molecule has 2 heterocycles. The highest BCUT2D eigenvalue weighted by Gasteiger charge is 2.09. The summed E-state index contributed by atoms with van der Waals surface area (Å²) in [5.41, 5.74) is 3.17. The van der Waals surface area contributed by atoms with Crippen molar-refractivity contribution >= 4 is 0 Å². The first-order valence-electron chi connectivity index (χ1n) is 6.96. The molecule has 2 rings (SSSR count). The minimum Gasteiger partial charge on any atom is -0.484 e. The summed E-state index contributed by atoms with van der Waals surface area (Å²) in [7, 11) is 1.92. The Balaban J connectivity index is 2.07. The van der Waals surface area contributed by atoms with Gasteiger partial charge in [-0.15, -0.1) is 0 Å². The minimum absolute atomic E-state index is 0.433. The zero-order chi connectivity index (χ0) is 14.5. The predicted molar refractivity (Wildman–Crippen MR) is 78.9 cm³/mol. The van der Waals surface area contributed by atoms with E-state index in [-0.39, 0.29) is 0 Å². The second kappa shape index (κ2) is 6.57. The minimum atomic E-state index is 0.433. The molecule has 0 bridgehead atoms. The van der Waals surface area contributed by atoms with Crippen LogP contribution in [-0.4, -0.2) is 12.0 Å². The molecule has 4 nitrogen and oxygen atoms in total. The quantitative estimate of drug-likeness (QED) is 0.879. The molecule has 0 aliphatic rings. The third-order valence-electron chi connectivity index (χ3n) is 3.22. The van der Waals surface area contributed by atoms with Gasteiger partial charge >= 0.3 is 0 Å². The van der Waals surface area contributed by atoms with Crippen LogP contribution in [0.1, 0.15) is 35.4 Å². The number of nitrogens with one attached hydrogen (secondary N) is 1. The first-order chi connectivity index (χ1) is 9.63. The van der Waals surface area contributed by atoms with Crippen LogP contribution in [0.4, 0.5) is 0 Å². The molecule has 0 atom stereocenters. The molecule has 2 aromatic heterocycles. The fourth-order valence-corrected chi connectivity index (χ4v) is 2.16. The number of aryl methyl sites for hydroxylation is 3. The van der Waals surface area contributed by atoms with Crippen LogP contribution < -0.4 is 10.1 Å². The zero-order valence-corrected chi connectivity index (χ0v) is 12.6. The molecule has 0 aliphatic heterocycles. The smallest absolute Gasteiger partial charge is 0.146 e. The van der Waals surface area contributed by atoms with E-state index in [0.29, 0.717) is 6.61 Å². The SMILES string of the molecule is CCc1nc(C)ccc1OCc1cc(CNC)c(C)o1. The lowest BCUT2D eigenvalue weighted by Crippen LogP contribution is -2.04. The molecule has 1 N–H and O–H groups in total. The topological polar surface area (TPSA) is 47.3 Å². The van der Waals surface area contributed by atoms with Crippen molar-refractivity contribution in [2.75, 3.05) is 7.05 Å². The third kappa shape index (κ3) is 3.39. The fourth-order valence-electron chi connectivity index (χ4n) is 2.16. The van der Waals surface area contributed by atoms with Gasteiger partial charge in [0.05, 0.1) is 5.69 Å². The predicted octanol–water partition coefficient (Wildman–Crippen LogP) is 3.15. The lowest BCUT2D eigenvalue weighted by molar-refractivity contribution is 0.264. The van der Waals surface area contributed by atoms with Gasteiger partial charge in [-0.1, -0.05) is 6.92 Å². The zero-order valence-electron chi connectivity index (χ0n) is 12.6. The van der Waals surface area contributed by atoms with Gasteiger partial charge in [0.1, 0.15) is 23.9 Å².